The van der Waals surface area contributed by atoms with Crippen molar-refractivity contribution in [2.45, 2.75) is 0 Å². The molecule has 1 aromatic heterocycles. The van der Waals surface area contributed by atoms with Crippen LogP contribution in [0.1, 0.15) is 0 Å². The molecule has 0 unspecified atom stereocenters. The van der Waals surface area contributed by atoms with Gasteiger partial charge in [0, 0.05) is 27.5 Å². The molecule has 0 amide bonds. The summed E-state index contributed by atoms with van der Waals surface area (Å²) in [5.74, 6) is 0. The molecule has 11 aromatic rings. The molecule has 10 aromatic carbocycles. The summed E-state index contributed by atoms with van der Waals surface area (Å²) in [6, 6.07) is 80.8. The Balaban J connectivity index is 1.01. The summed E-state index contributed by atoms with van der Waals surface area (Å²) in [4.78, 5) is 2.40. The molecule has 0 radical (unpaired) electrons. The molecule has 272 valence electrons. The summed E-state index contributed by atoms with van der Waals surface area (Å²) in [6.45, 7) is 0. The van der Waals surface area contributed by atoms with E-state index >= 15 is 0 Å². The molecule has 0 N–H and O–H groups in total. The first kappa shape index (κ1) is 33.6. The van der Waals surface area contributed by atoms with E-state index in [4.69, 9.17) is 4.42 Å². The van der Waals surface area contributed by atoms with E-state index in [0.29, 0.717) is 0 Å². The second kappa shape index (κ2) is 14.1. The third kappa shape index (κ3) is 6.00. The molecular formula is C56H37NO. The minimum Gasteiger partial charge on any atom is -0.456 e. The SMILES string of the molecule is c1ccc(-c2ccc(N(c3ccc(-c4ccc(-c5ccc6ccccc6c5)cc4)cc3)c3cccc(-c4ccc5oc6ccccc6c5c4)c3)c3ccccc23)cc1. The molecule has 0 aliphatic rings. The quantitative estimate of drug-likeness (QED) is 0.162. The molecule has 0 saturated carbocycles. The maximum atomic E-state index is 6.18. The molecule has 0 bridgehead atoms. The van der Waals surface area contributed by atoms with Crippen LogP contribution in [0.5, 0.6) is 0 Å². The van der Waals surface area contributed by atoms with Crippen molar-refractivity contribution in [3.63, 3.8) is 0 Å². The Morgan fingerprint density at radius 2 is 0.845 bits per heavy atom. The molecule has 0 fully saturated rings. The molecule has 11 rings (SSSR count). The molecule has 2 heteroatoms. The highest BCUT2D eigenvalue weighted by molar-refractivity contribution is 6.08. The molecular weight excluding hydrogens is 703 g/mol. The average Bonchev–Trinajstić information content (AvgIpc) is 3.68. The zero-order valence-corrected chi connectivity index (χ0v) is 31.7. The molecule has 0 aliphatic carbocycles. The van der Waals surface area contributed by atoms with Crippen LogP contribution in [0.25, 0.3) is 88.0 Å². The van der Waals surface area contributed by atoms with Crippen LogP contribution in [0, 0.1) is 0 Å². The number of hydrogen-bond acceptors (Lipinski definition) is 2. The van der Waals surface area contributed by atoms with Gasteiger partial charge >= 0.3 is 0 Å². The van der Waals surface area contributed by atoms with Crippen molar-refractivity contribution in [2.75, 3.05) is 4.90 Å². The second-order valence-electron chi connectivity index (χ2n) is 14.9. The van der Waals surface area contributed by atoms with Crippen molar-refractivity contribution in [1.29, 1.82) is 0 Å². The molecule has 58 heavy (non-hydrogen) atoms. The normalized spacial score (nSPS) is 11.4. The fourth-order valence-corrected chi connectivity index (χ4v) is 8.53. The van der Waals surface area contributed by atoms with Crippen LogP contribution >= 0.6 is 0 Å². The van der Waals surface area contributed by atoms with E-state index in [1.54, 1.807) is 0 Å². The van der Waals surface area contributed by atoms with E-state index < -0.39 is 0 Å². The van der Waals surface area contributed by atoms with Gasteiger partial charge in [0.05, 0.1) is 5.69 Å². The van der Waals surface area contributed by atoms with E-state index in [0.717, 1.165) is 50.1 Å². The van der Waals surface area contributed by atoms with Gasteiger partial charge in [0.15, 0.2) is 0 Å². The molecule has 0 aliphatic heterocycles. The minimum absolute atomic E-state index is 0.899. The fraction of sp³-hybridized carbons (Fsp3) is 0. The molecule has 2 nitrogen and oxygen atoms in total. The van der Waals surface area contributed by atoms with Gasteiger partial charge < -0.3 is 9.32 Å². The van der Waals surface area contributed by atoms with Gasteiger partial charge in [-0.2, -0.15) is 0 Å². The monoisotopic (exact) mass is 739 g/mol. The Kier molecular flexibility index (Phi) is 8.19. The highest BCUT2D eigenvalue weighted by Crippen LogP contribution is 2.44. The lowest BCUT2D eigenvalue weighted by Crippen LogP contribution is -2.10. The first-order chi connectivity index (χ1) is 28.7. The first-order valence-electron chi connectivity index (χ1n) is 19.8. The summed E-state index contributed by atoms with van der Waals surface area (Å²) in [7, 11) is 0. The number of rotatable bonds is 7. The summed E-state index contributed by atoms with van der Waals surface area (Å²) in [5.41, 5.74) is 14.6. The Morgan fingerprint density at radius 3 is 1.66 bits per heavy atom. The second-order valence-corrected chi connectivity index (χ2v) is 14.9. The number of para-hydroxylation sites is 1. The van der Waals surface area contributed by atoms with Crippen LogP contribution in [0.2, 0.25) is 0 Å². The van der Waals surface area contributed by atoms with Gasteiger partial charge in [-0.15, -0.1) is 0 Å². The van der Waals surface area contributed by atoms with E-state index in [2.05, 4.69) is 217 Å². The zero-order chi connectivity index (χ0) is 38.4. The molecule has 0 spiro atoms. The number of furan rings is 1. The van der Waals surface area contributed by atoms with Crippen LogP contribution in [0.15, 0.2) is 229 Å². The van der Waals surface area contributed by atoms with Crippen LogP contribution in [-0.2, 0) is 0 Å². The van der Waals surface area contributed by atoms with E-state index in [1.807, 2.05) is 12.1 Å². The summed E-state index contributed by atoms with van der Waals surface area (Å²) >= 11 is 0. The Hall–Kier alpha value is -7.68. The fourth-order valence-electron chi connectivity index (χ4n) is 8.53. The predicted octanol–water partition coefficient (Wildman–Crippen LogP) is 16.0. The van der Waals surface area contributed by atoms with Crippen molar-refractivity contribution < 1.29 is 4.42 Å². The van der Waals surface area contributed by atoms with Gasteiger partial charge in [0.25, 0.3) is 0 Å². The number of hydrogen-bond donors (Lipinski definition) is 0. The molecule has 0 atom stereocenters. The van der Waals surface area contributed by atoms with E-state index in [1.165, 1.54) is 54.9 Å². The lowest BCUT2D eigenvalue weighted by Gasteiger charge is -2.28. The number of benzene rings is 10. The largest absolute Gasteiger partial charge is 0.456 e. The van der Waals surface area contributed by atoms with Crippen LogP contribution in [0.3, 0.4) is 0 Å². The number of fused-ring (bicyclic) bond motifs is 5. The van der Waals surface area contributed by atoms with Gasteiger partial charge in [-0.25, -0.2) is 0 Å². The van der Waals surface area contributed by atoms with Crippen molar-refractivity contribution in [2.24, 2.45) is 0 Å². The first-order valence-corrected chi connectivity index (χ1v) is 19.8. The predicted molar refractivity (Wildman–Crippen MR) is 245 cm³/mol. The van der Waals surface area contributed by atoms with Crippen molar-refractivity contribution in [1.82, 2.24) is 0 Å². The Bertz CT molecular complexity index is 3270. The standard InChI is InChI=1S/C56H37NO/c1-2-12-42(13-3-1)49-32-33-54(51-18-7-6-17-50(49)51)57(48-16-10-15-44(36-48)46-29-34-56-53(37-46)52-19-8-9-20-55(52)58-56)47-30-27-40(28-31-47)39-21-23-41(24-22-39)45-26-25-38-11-4-5-14-43(38)35-45/h1-37H. The van der Waals surface area contributed by atoms with Gasteiger partial charge in [0.2, 0.25) is 0 Å². The third-order valence-corrected chi connectivity index (χ3v) is 11.5. The Labute approximate surface area is 337 Å². The summed E-state index contributed by atoms with van der Waals surface area (Å²) < 4.78 is 6.18. The number of anilines is 3. The van der Waals surface area contributed by atoms with Crippen molar-refractivity contribution in [3.8, 4) is 44.5 Å². The lowest BCUT2D eigenvalue weighted by atomic mass is 9.96. The summed E-state index contributed by atoms with van der Waals surface area (Å²) in [6.07, 6.45) is 0. The van der Waals surface area contributed by atoms with Crippen LogP contribution in [0.4, 0.5) is 17.1 Å². The van der Waals surface area contributed by atoms with Gasteiger partial charge in [-0.1, -0.05) is 170 Å². The van der Waals surface area contributed by atoms with Gasteiger partial charge in [0.1, 0.15) is 11.2 Å². The lowest BCUT2D eigenvalue weighted by molar-refractivity contribution is 0.669. The third-order valence-electron chi connectivity index (χ3n) is 11.5. The maximum Gasteiger partial charge on any atom is 0.135 e. The van der Waals surface area contributed by atoms with Gasteiger partial charge in [-0.3, -0.25) is 0 Å². The smallest absolute Gasteiger partial charge is 0.135 e. The molecule has 1 heterocycles. The minimum atomic E-state index is 0.899. The zero-order valence-electron chi connectivity index (χ0n) is 31.7. The van der Waals surface area contributed by atoms with Crippen LogP contribution in [-0.4, -0.2) is 0 Å². The highest BCUT2D eigenvalue weighted by Gasteiger charge is 2.19. The van der Waals surface area contributed by atoms with E-state index in [9.17, 15) is 0 Å². The average molecular weight is 740 g/mol. The topological polar surface area (TPSA) is 16.4 Å². The van der Waals surface area contributed by atoms with Crippen molar-refractivity contribution in [3.05, 3.63) is 224 Å². The van der Waals surface area contributed by atoms with Crippen LogP contribution < -0.4 is 4.90 Å². The van der Waals surface area contributed by atoms with Gasteiger partial charge in [-0.05, 0) is 115 Å². The van der Waals surface area contributed by atoms with Crippen molar-refractivity contribution >= 4 is 60.5 Å². The maximum absolute atomic E-state index is 6.18. The summed E-state index contributed by atoms with van der Waals surface area (Å²) in [5, 5.41) is 7.17. The highest BCUT2D eigenvalue weighted by atomic mass is 16.3. The van der Waals surface area contributed by atoms with E-state index in [-0.39, 0.29) is 0 Å². The number of nitrogens with zero attached hydrogens (tertiary/aromatic N) is 1. The Morgan fingerprint density at radius 1 is 0.276 bits per heavy atom. The molecule has 0 saturated heterocycles.